The highest BCUT2D eigenvalue weighted by molar-refractivity contribution is 5.53. The van der Waals surface area contributed by atoms with Crippen LogP contribution in [0.1, 0.15) is 11.3 Å². The van der Waals surface area contributed by atoms with Gasteiger partial charge >= 0.3 is 0 Å². The fourth-order valence-corrected chi connectivity index (χ4v) is 2.76. The molecular formula is C20H16FN5. The number of halogens is 1. The lowest BCUT2D eigenvalue weighted by Gasteiger charge is -2.06. The van der Waals surface area contributed by atoms with E-state index in [1.54, 1.807) is 18.6 Å². The summed E-state index contributed by atoms with van der Waals surface area (Å²) in [4.78, 5) is 12.6. The van der Waals surface area contributed by atoms with Gasteiger partial charge in [-0.2, -0.15) is 5.10 Å². The third-order valence-corrected chi connectivity index (χ3v) is 4.03. The van der Waals surface area contributed by atoms with Crippen LogP contribution in [0.5, 0.6) is 0 Å². The number of aromatic nitrogens is 5. The standard InChI is InChI=1S/C20H16FN5/c21-17-12-16(13-22-14-17)20-23-9-7-18(25-20)6-5-15-3-1-4-19(11-15)26-10-2-8-24-26/h1-4,7-14H,5-6H2. The third-order valence-electron chi connectivity index (χ3n) is 4.03. The van der Waals surface area contributed by atoms with Gasteiger partial charge in [-0.3, -0.25) is 4.98 Å². The Morgan fingerprint density at radius 2 is 1.92 bits per heavy atom. The summed E-state index contributed by atoms with van der Waals surface area (Å²) in [5.41, 5.74) is 3.71. The first-order chi connectivity index (χ1) is 12.8. The molecule has 0 radical (unpaired) electrons. The van der Waals surface area contributed by atoms with Gasteiger partial charge in [-0.15, -0.1) is 0 Å². The van der Waals surface area contributed by atoms with Gasteiger partial charge in [0.15, 0.2) is 5.82 Å². The number of hydrogen-bond acceptors (Lipinski definition) is 4. The van der Waals surface area contributed by atoms with E-state index in [1.165, 1.54) is 17.8 Å². The van der Waals surface area contributed by atoms with Crippen LogP contribution in [-0.2, 0) is 12.8 Å². The summed E-state index contributed by atoms with van der Waals surface area (Å²) in [5, 5.41) is 4.26. The molecule has 0 aliphatic heterocycles. The molecule has 6 heteroatoms. The van der Waals surface area contributed by atoms with Crippen LogP contribution in [0.4, 0.5) is 4.39 Å². The van der Waals surface area contributed by atoms with Crippen molar-refractivity contribution in [3.05, 3.63) is 90.5 Å². The predicted molar refractivity (Wildman–Crippen MR) is 96.2 cm³/mol. The van der Waals surface area contributed by atoms with E-state index in [0.717, 1.165) is 24.2 Å². The van der Waals surface area contributed by atoms with Crippen molar-refractivity contribution in [2.75, 3.05) is 0 Å². The molecule has 0 amide bonds. The Hall–Kier alpha value is -3.41. The van der Waals surface area contributed by atoms with Crippen LogP contribution in [-0.4, -0.2) is 24.7 Å². The first kappa shape index (κ1) is 16.1. The van der Waals surface area contributed by atoms with E-state index in [2.05, 4.69) is 32.2 Å². The molecule has 4 rings (SSSR count). The van der Waals surface area contributed by atoms with Gasteiger partial charge in [-0.25, -0.2) is 19.0 Å². The summed E-state index contributed by atoms with van der Waals surface area (Å²) in [6.07, 6.45) is 9.71. The lowest BCUT2D eigenvalue weighted by molar-refractivity contribution is 0.622. The number of rotatable bonds is 5. The summed E-state index contributed by atoms with van der Waals surface area (Å²) in [7, 11) is 0. The summed E-state index contributed by atoms with van der Waals surface area (Å²) in [5.74, 6) is 0.0896. The highest BCUT2D eigenvalue weighted by Crippen LogP contribution is 2.16. The van der Waals surface area contributed by atoms with Crippen LogP contribution in [0.2, 0.25) is 0 Å². The van der Waals surface area contributed by atoms with Gasteiger partial charge in [0.1, 0.15) is 5.82 Å². The molecule has 0 saturated heterocycles. The van der Waals surface area contributed by atoms with E-state index in [-0.39, 0.29) is 0 Å². The zero-order valence-electron chi connectivity index (χ0n) is 14.0. The normalized spacial score (nSPS) is 10.8. The summed E-state index contributed by atoms with van der Waals surface area (Å²) in [6, 6.07) is 13.4. The molecule has 0 aliphatic carbocycles. The zero-order chi connectivity index (χ0) is 17.8. The zero-order valence-corrected chi connectivity index (χ0v) is 14.0. The predicted octanol–water partition coefficient (Wildman–Crippen LogP) is 3.65. The van der Waals surface area contributed by atoms with Crippen molar-refractivity contribution in [3.8, 4) is 17.1 Å². The minimum Gasteiger partial charge on any atom is -0.261 e. The van der Waals surface area contributed by atoms with Crippen molar-refractivity contribution in [2.24, 2.45) is 0 Å². The molecule has 3 heterocycles. The van der Waals surface area contributed by atoms with Gasteiger partial charge in [-0.05, 0) is 48.7 Å². The second-order valence-electron chi connectivity index (χ2n) is 5.88. The molecule has 0 bridgehead atoms. The third kappa shape index (κ3) is 3.64. The van der Waals surface area contributed by atoms with Gasteiger partial charge in [0.25, 0.3) is 0 Å². The Bertz CT molecular complexity index is 1010. The highest BCUT2D eigenvalue weighted by Gasteiger charge is 2.06. The molecule has 0 N–H and O–H groups in total. The van der Waals surface area contributed by atoms with Crippen LogP contribution in [0.25, 0.3) is 17.1 Å². The van der Waals surface area contributed by atoms with Crippen molar-refractivity contribution >= 4 is 0 Å². The number of hydrogen-bond donors (Lipinski definition) is 0. The van der Waals surface area contributed by atoms with Gasteiger partial charge in [0.05, 0.1) is 11.9 Å². The molecule has 0 atom stereocenters. The van der Waals surface area contributed by atoms with E-state index in [9.17, 15) is 4.39 Å². The van der Waals surface area contributed by atoms with Crippen LogP contribution >= 0.6 is 0 Å². The van der Waals surface area contributed by atoms with Gasteiger partial charge in [-0.1, -0.05) is 12.1 Å². The molecule has 0 spiro atoms. The average Bonchev–Trinajstić information content (AvgIpc) is 3.22. The first-order valence-electron chi connectivity index (χ1n) is 8.30. The summed E-state index contributed by atoms with van der Waals surface area (Å²) < 4.78 is 15.2. The van der Waals surface area contributed by atoms with Gasteiger partial charge < -0.3 is 0 Å². The van der Waals surface area contributed by atoms with Crippen LogP contribution in [0.3, 0.4) is 0 Å². The smallest absolute Gasteiger partial charge is 0.161 e. The Morgan fingerprint density at radius 1 is 0.962 bits per heavy atom. The largest absolute Gasteiger partial charge is 0.261 e. The Kier molecular flexibility index (Phi) is 4.47. The highest BCUT2D eigenvalue weighted by atomic mass is 19.1. The lowest BCUT2D eigenvalue weighted by Crippen LogP contribution is -2.00. The number of benzene rings is 1. The number of aryl methyl sites for hydroxylation is 2. The molecule has 4 aromatic rings. The van der Waals surface area contributed by atoms with E-state index < -0.39 is 5.82 Å². The average molecular weight is 345 g/mol. The molecule has 0 aliphatic rings. The topological polar surface area (TPSA) is 56.5 Å². The summed E-state index contributed by atoms with van der Waals surface area (Å²) in [6.45, 7) is 0. The molecule has 0 fully saturated rings. The molecular weight excluding hydrogens is 329 g/mol. The maximum Gasteiger partial charge on any atom is 0.161 e. The Morgan fingerprint density at radius 3 is 2.77 bits per heavy atom. The molecule has 1 aromatic carbocycles. The maximum atomic E-state index is 13.4. The van der Waals surface area contributed by atoms with Crippen LogP contribution in [0, 0.1) is 5.82 Å². The van der Waals surface area contributed by atoms with E-state index >= 15 is 0 Å². The minimum atomic E-state index is -0.396. The van der Waals surface area contributed by atoms with Crippen LogP contribution in [0.15, 0.2) is 73.4 Å². The second-order valence-corrected chi connectivity index (χ2v) is 5.88. The SMILES string of the molecule is Fc1cncc(-c2nccc(CCc3cccc(-n4cccn4)c3)n2)c1. The van der Waals surface area contributed by atoms with Gasteiger partial charge in [0.2, 0.25) is 0 Å². The monoisotopic (exact) mass is 345 g/mol. The number of pyridine rings is 1. The lowest BCUT2D eigenvalue weighted by atomic mass is 10.1. The summed E-state index contributed by atoms with van der Waals surface area (Å²) >= 11 is 0. The molecule has 26 heavy (non-hydrogen) atoms. The molecule has 0 saturated carbocycles. The van der Waals surface area contributed by atoms with Crippen molar-refractivity contribution in [3.63, 3.8) is 0 Å². The second kappa shape index (κ2) is 7.23. The van der Waals surface area contributed by atoms with Crippen LogP contribution < -0.4 is 0 Å². The van der Waals surface area contributed by atoms with E-state index in [4.69, 9.17) is 0 Å². The van der Waals surface area contributed by atoms with Crippen molar-refractivity contribution in [1.29, 1.82) is 0 Å². The Balaban J connectivity index is 1.50. The fraction of sp³-hybridized carbons (Fsp3) is 0.100. The fourth-order valence-electron chi connectivity index (χ4n) is 2.76. The molecule has 5 nitrogen and oxygen atoms in total. The Labute approximate surface area is 150 Å². The van der Waals surface area contributed by atoms with Crippen molar-refractivity contribution in [1.82, 2.24) is 24.7 Å². The minimum absolute atomic E-state index is 0.396. The van der Waals surface area contributed by atoms with Crippen molar-refractivity contribution in [2.45, 2.75) is 12.8 Å². The molecule has 128 valence electrons. The van der Waals surface area contributed by atoms with E-state index in [0.29, 0.717) is 11.4 Å². The maximum absolute atomic E-state index is 13.4. The first-order valence-corrected chi connectivity index (χ1v) is 8.30. The van der Waals surface area contributed by atoms with E-state index in [1.807, 2.05) is 35.1 Å². The number of nitrogens with zero attached hydrogens (tertiary/aromatic N) is 5. The quantitative estimate of drug-likeness (QED) is 0.554. The van der Waals surface area contributed by atoms with Gasteiger partial charge in [0, 0.05) is 36.0 Å². The molecule has 0 unspecified atom stereocenters. The van der Waals surface area contributed by atoms with Crippen molar-refractivity contribution < 1.29 is 4.39 Å². The molecule has 3 aromatic heterocycles.